The molecular weight excluding hydrogens is 316 g/mol. The minimum atomic E-state index is -0.240. The molecule has 0 aliphatic carbocycles. The van der Waals surface area contributed by atoms with E-state index in [0.717, 1.165) is 16.9 Å². The first-order valence-corrected chi connectivity index (χ1v) is 7.90. The molecule has 0 spiro atoms. The average molecular weight is 334 g/mol. The molecule has 22 heavy (non-hydrogen) atoms. The normalized spacial score (nSPS) is 10.9. The fraction of sp³-hybridized carbons (Fsp3) is 0.267. The number of nitrogens with one attached hydrogen (secondary N) is 1. The van der Waals surface area contributed by atoms with Gasteiger partial charge in [0.2, 0.25) is 0 Å². The van der Waals surface area contributed by atoms with E-state index in [0.29, 0.717) is 8.83 Å². The molecule has 0 aliphatic rings. The molecule has 0 saturated carbocycles. The van der Waals surface area contributed by atoms with Gasteiger partial charge in [0.25, 0.3) is 5.91 Å². The highest BCUT2D eigenvalue weighted by molar-refractivity contribution is 7.73. The van der Waals surface area contributed by atoms with Gasteiger partial charge in [-0.15, -0.1) is 0 Å². The number of hydrazone groups is 1. The van der Waals surface area contributed by atoms with Crippen molar-refractivity contribution < 1.29 is 4.79 Å². The Bertz CT molecular complexity index is 757. The first-order valence-electron chi connectivity index (χ1n) is 6.67. The lowest BCUT2D eigenvalue weighted by molar-refractivity contribution is 0.0958. The van der Waals surface area contributed by atoms with Gasteiger partial charge in [0.15, 0.2) is 3.95 Å². The summed E-state index contributed by atoms with van der Waals surface area (Å²) in [6.07, 6.45) is 1.62. The maximum absolute atomic E-state index is 12.1. The van der Waals surface area contributed by atoms with Gasteiger partial charge in [-0.3, -0.25) is 4.79 Å². The van der Waals surface area contributed by atoms with Gasteiger partial charge in [0, 0.05) is 32.5 Å². The molecule has 116 valence electrons. The van der Waals surface area contributed by atoms with Crippen molar-refractivity contribution in [3.05, 3.63) is 44.4 Å². The number of anilines is 1. The first kappa shape index (κ1) is 16.4. The lowest BCUT2D eigenvalue weighted by Crippen LogP contribution is -2.17. The van der Waals surface area contributed by atoms with Gasteiger partial charge in [-0.25, -0.2) is 5.43 Å². The Morgan fingerprint density at radius 3 is 2.50 bits per heavy atom. The van der Waals surface area contributed by atoms with Crippen LogP contribution in [0.15, 0.2) is 29.4 Å². The minimum absolute atomic E-state index is 0.240. The van der Waals surface area contributed by atoms with Crippen LogP contribution < -0.4 is 10.3 Å². The quantitative estimate of drug-likeness (QED) is 0.531. The van der Waals surface area contributed by atoms with E-state index in [1.165, 1.54) is 11.3 Å². The fourth-order valence-corrected chi connectivity index (χ4v) is 3.06. The number of rotatable bonds is 4. The molecule has 0 fully saturated rings. The molecule has 2 rings (SSSR count). The second-order valence-electron chi connectivity index (χ2n) is 5.03. The molecule has 1 aromatic carbocycles. The van der Waals surface area contributed by atoms with E-state index < -0.39 is 0 Å². The van der Waals surface area contributed by atoms with Crippen molar-refractivity contribution >= 4 is 41.4 Å². The first-order chi connectivity index (χ1) is 10.4. The molecule has 0 bridgehead atoms. The van der Waals surface area contributed by atoms with Crippen LogP contribution in [0.25, 0.3) is 0 Å². The Kier molecular flexibility index (Phi) is 5.10. The minimum Gasteiger partial charge on any atom is -0.378 e. The summed E-state index contributed by atoms with van der Waals surface area (Å²) in [6.45, 7) is 1.87. The number of nitrogens with zero attached hydrogens (tertiary/aromatic N) is 3. The number of thiazole rings is 1. The molecule has 0 radical (unpaired) electrons. The smallest absolute Gasteiger partial charge is 0.283 e. The maximum Gasteiger partial charge on any atom is 0.283 e. The Balaban J connectivity index is 2.04. The van der Waals surface area contributed by atoms with Crippen LogP contribution in [0.1, 0.15) is 20.9 Å². The Hall–Kier alpha value is -1.99. The number of amides is 1. The van der Waals surface area contributed by atoms with E-state index in [1.54, 1.807) is 6.21 Å². The zero-order chi connectivity index (χ0) is 16.3. The maximum atomic E-state index is 12.1. The van der Waals surface area contributed by atoms with Crippen molar-refractivity contribution in [2.24, 2.45) is 12.1 Å². The number of carbonyl (C=O) groups excluding carboxylic acids is 1. The van der Waals surface area contributed by atoms with Crippen molar-refractivity contribution in [3.63, 3.8) is 0 Å². The van der Waals surface area contributed by atoms with Gasteiger partial charge >= 0.3 is 0 Å². The number of hydrogen-bond donors (Lipinski definition) is 1. The molecule has 1 amide bonds. The summed E-state index contributed by atoms with van der Waals surface area (Å²) in [4.78, 5) is 14.7. The van der Waals surface area contributed by atoms with Crippen LogP contribution in [-0.2, 0) is 7.05 Å². The molecule has 1 aromatic heterocycles. The predicted molar refractivity (Wildman–Crippen MR) is 94.7 cm³/mol. The van der Waals surface area contributed by atoms with Crippen molar-refractivity contribution in [2.75, 3.05) is 19.0 Å². The van der Waals surface area contributed by atoms with Gasteiger partial charge in [-0.2, -0.15) is 5.10 Å². The SMILES string of the molecule is Cc1c(C(=O)N/N=C/c2ccc(N(C)C)cc2)sc(=S)n1C. The van der Waals surface area contributed by atoms with Crippen LogP contribution in [-0.4, -0.2) is 30.8 Å². The van der Waals surface area contributed by atoms with Gasteiger partial charge in [-0.05, 0) is 36.8 Å². The zero-order valence-corrected chi connectivity index (χ0v) is 14.6. The highest BCUT2D eigenvalue weighted by Crippen LogP contribution is 2.17. The van der Waals surface area contributed by atoms with E-state index in [-0.39, 0.29) is 5.91 Å². The zero-order valence-electron chi connectivity index (χ0n) is 13.0. The molecule has 0 saturated heterocycles. The summed E-state index contributed by atoms with van der Waals surface area (Å²) in [5.74, 6) is -0.240. The monoisotopic (exact) mass is 334 g/mol. The highest BCUT2D eigenvalue weighted by atomic mass is 32.1. The third-order valence-electron chi connectivity index (χ3n) is 3.29. The van der Waals surface area contributed by atoms with E-state index >= 15 is 0 Å². The lowest BCUT2D eigenvalue weighted by atomic mass is 10.2. The van der Waals surface area contributed by atoms with Crippen molar-refractivity contribution in [1.82, 2.24) is 9.99 Å². The average Bonchev–Trinajstić information content (AvgIpc) is 2.75. The van der Waals surface area contributed by atoms with Gasteiger partial charge in [0.05, 0.1) is 6.21 Å². The van der Waals surface area contributed by atoms with Crippen LogP contribution >= 0.6 is 23.6 Å². The lowest BCUT2D eigenvalue weighted by Gasteiger charge is -2.11. The van der Waals surface area contributed by atoms with Crippen LogP contribution in [0, 0.1) is 10.9 Å². The summed E-state index contributed by atoms with van der Waals surface area (Å²) < 4.78 is 2.49. The Morgan fingerprint density at radius 1 is 1.36 bits per heavy atom. The summed E-state index contributed by atoms with van der Waals surface area (Å²) in [7, 11) is 5.82. The van der Waals surface area contributed by atoms with Crippen molar-refractivity contribution in [1.29, 1.82) is 0 Å². The molecule has 7 heteroatoms. The molecule has 0 unspecified atom stereocenters. The molecular formula is C15H18N4OS2. The van der Waals surface area contributed by atoms with Crippen LogP contribution in [0.4, 0.5) is 5.69 Å². The summed E-state index contributed by atoms with van der Waals surface area (Å²) in [5, 5.41) is 4.00. The number of aromatic nitrogens is 1. The van der Waals surface area contributed by atoms with Crippen molar-refractivity contribution in [3.8, 4) is 0 Å². The third-order valence-corrected chi connectivity index (χ3v) is 4.95. The summed E-state index contributed by atoms with van der Waals surface area (Å²) in [6, 6.07) is 7.89. The van der Waals surface area contributed by atoms with Crippen LogP contribution in [0.2, 0.25) is 0 Å². The van der Waals surface area contributed by atoms with Crippen molar-refractivity contribution in [2.45, 2.75) is 6.92 Å². The third kappa shape index (κ3) is 3.61. The second kappa shape index (κ2) is 6.85. The topological polar surface area (TPSA) is 49.6 Å². The number of hydrogen-bond acceptors (Lipinski definition) is 5. The molecule has 5 nitrogen and oxygen atoms in total. The largest absolute Gasteiger partial charge is 0.378 e. The van der Waals surface area contributed by atoms with Crippen LogP contribution in [0.3, 0.4) is 0 Å². The standard InChI is InChI=1S/C15H18N4OS2/c1-10-13(22-15(21)19(10)4)14(20)17-16-9-11-5-7-12(8-6-11)18(2)3/h5-9H,1-4H3,(H,17,20)/b16-9+. The number of carbonyl (C=O) groups is 1. The van der Waals surface area contributed by atoms with Gasteiger partial charge in [-0.1, -0.05) is 23.5 Å². The second-order valence-corrected chi connectivity index (χ2v) is 6.67. The molecule has 1 heterocycles. The van der Waals surface area contributed by atoms with E-state index in [4.69, 9.17) is 12.2 Å². The van der Waals surface area contributed by atoms with Gasteiger partial charge in [0.1, 0.15) is 4.88 Å². The Morgan fingerprint density at radius 2 is 2.00 bits per heavy atom. The number of benzene rings is 1. The van der Waals surface area contributed by atoms with Crippen LogP contribution in [0.5, 0.6) is 0 Å². The Labute approximate surface area is 138 Å². The fourth-order valence-electron chi connectivity index (χ4n) is 1.80. The van der Waals surface area contributed by atoms with E-state index in [2.05, 4.69) is 10.5 Å². The molecule has 2 aromatic rings. The molecule has 1 N–H and O–H groups in total. The van der Waals surface area contributed by atoms with E-state index in [1.807, 2.05) is 61.8 Å². The molecule has 0 aliphatic heterocycles. The highest BCUT2D eigenvalue weighted by Gasteiger charge is 2.13. The molecule has 0 atom stereocenters. The van der Waals surface area contributed by atoms with E-state index in [9.17, 15) is 4.79 Å². The predicted octanol–water partition coefficient (Wildman–Crippen LogP) is 2.95. The summed E-state index contributed by atoms with van der Waals surface area (Å²) in [5.41, 5.74) is 5.41. The van der Waals surface area contributed by atoms with Gasteiger partial charge < -0.3 is 9.47 Å². The summed E-state index contributed by atoms with van der Waals surface area (Å²) >= 11 is 6.45.